The molecule has 0 aliphatic rings. The van der Waals surface area contributed by atoms with E-state index in [1.165, 1.54) is 11.3 Å². The molecule has 8 heteroatoms. The first-order valence-corrected chi connectivity index (χ1v) is 9.08. The number of halogens is 1. The summed E-state index contributed by atoms with van der Waals surface area (Å²) in [6.45, 7) is 0. The molecule has 2 N–H and O–H groups in total. The number of carbonyl (C=O) groups excluding carboxylic acids is 2. The molecule has 0 aliphatic carbocycles. The van der Waals surface area contributed by atoms with E-state index in [0.717, 1.165) is 9.88 Å². The zero-order valence-corrected chi connectivity index (χ0v) is 14.7. The van der Waals surface area contributed by atoms with Gasteiger partial charge in [-0.25, -0.2) is 4.98 Å². The lowest BCUT2D eigenvalue weighted by Gasteiger charge is -2.06. The van der Waals surface area contributed by atoms with Crippen molar-refractivity contribution in [1.82, 2.24) is 15.8 Å². The van der Waals surface area contributed by atoms with Gasteiger partial charge in [0.05, 0.1) is 17.0 Å². The van der Waals surface area contributed by atoms with Gasteiger partial charge in [-0.1, -0.05) is 17.7 Å². The van der Waals surface area contributed by atoms with Crippen molar-refractivity contribution >= 4 is 46.1 Å². The van der Waals surface area contributed by atoms with Gasteiger partial charge in [-0.3, -0.25) is 20.4 Å². The molecule has 3 rings (SSSR count). The number of amides is 2. The molecular weight excluding hydrogens is 366 g/mol. The minimum atomic E-state index is -0.405. The summed E-state index contributed by atoms with van der Waals surface area (Å²) in [5, 5.41) is 5.25. The maximum absolute atomic E-state index is 11.9. The topological polar surface area (TPSA) is 71.1 Å². The van der Waals surface area contributed by atoms with Crippen LogP contribution >= 0.6 is 34.3 Å². The first kappa shape index (κ1) is 16.6. The Morgan fingerprint density at radius 2 is 1.88 bits per heavy atom. The average molecular weight is 378 g/mol. The number of carbonyl (C=O) groups is 2. The molecule has 0 atom stereocenters. The van der Waals surface area contributed by atoms with E-state index in [2.05, 4.69) is 15.8 Å². The molecule has 2 amide bonds. The average Bonchev–Trinajstić information content (AvgIpc) is 3.24. The second kappa shape index (κ2) is 7.57. The summed E-state index contributed by atoms with van der Waals surface area (Å²) in [5.74, 6) is -0.738. The first-order chi connectivity index (χ1) is 11.6. The quantitative estimate of drug-likeness (QED) is 0.683. The number of aromatic nitrogens is 1. The highest BCUT2D eigenvalue weighted by Crippen LogP contribution is 2.27. The van der Waals surface area contributed by atoms with Crippen LogP contribution in [-0.4, -0.2) is 16.8 Å². The van der Waals surface area contributed by atoms with Gasteiger partial charge in [0.15, 0.2) is 0 Å². The van der Waals surface area contributed by atoms with E-state index in [1.807, 2.05) is 22.9 Å². The van der Waals surface area contributed by atoms with Crippen molar-refractivity contribution in [1.29, 1.82) is 0 Å². The van der Waals surface area contributed by atoms with E-state index in [0.29, 0.717) is 16.3 Å². The monoisotopic (exact) mass is 377 g/mol. The Bertz CT molecular complexity index is 845. The third-order valence-electron chi connectivity index (χ3n) is 3.05. The molecule has 0 fully saturated rings. The molecule has 1 aromatic carbocycles. The third-order valence-corrected chi connectivity index (χ3v) is 5.23. The molecule has 3 aromatic rings. The van der Waals surface area contributed by atoms with Gasteiger partial charge in [0.25, 0.3) is 5.91 Å². The van der Waals surface area contributed by atoms with Gasteiger partial charge in [0, 0.05) is 16.0 Å². The number of thiophene rings is 1. The number of hydrazine groups is 1. The summed E-state index contributed by atoms with van der Waals surface area (Å²) in [4.78, 5) is 29.3. The highest BCUT2D eigenvalue weighted by atomic mass is 35.5. The summed E-state index contributed by atoms with van der Waals surface area (Å²) >= 11 is 8.86. The first-order valence-electron chi connectivity index (χ1n) is 6.95. The Labute approximate surface area is 151 Å². The number of nitrogens with one attached hydrogen (secondary N) is 2. The summed E-state index contributed by atoms with van der Waals surface area (Å²) in [6, 6.07) is 10.3. The lowest BCUT2D eigenvalue weighted by atomic mass is 10.2. The molecule has 0 aliphatic heterocycles. The molecule has 0 saturated carbocycles. The van der Waals surface area contributed by atoms with Crippen molar-refractivity contribution in [3.8, 4) is 9.88 Å². The van der Waals surface area contributed by atoms with Crippen LogP contribution in [0.15, 0.2) is 47.2 Å². The molecule has 2 heterocycles. The number of benzene rings is 1. The highest BCUT2D eigenvalue weighted by Gasteiger charge is 2.11. The molecule has 0 saturated heterocycles. The Kier molecular flexibility index (Phi) is 5.24. The Balaban J connectivity index is 1.52. The largest absolute Gasteiger partial charge is 0.273 e. The molecule has 5 nitrogen and oxygen atoms in total. The van der Waals surface area contributed by atoms with Gasteiger partial charge in [-0.05, 0) is 35.7 Å². The van der Waals surface area contributed by atoms with E-state index < -0.39 is 5.91 Å². The van der Waals surface area contributed by atoms with Crippen LogP contribution in [0.3, 0.4) is 0 Å². The van der Waals surface area contributed by atoms with E-state index in [-0.39, 0.29) is 12.3 Å². The van der Waals surface area contributed by atoms with Crippen LogP contribution in [0.4, 0.5) is 0 Å². The van der Waals surface area contributed by atoms with Gasteiger partial charge >= 0.3 is 0 Å². The lowest BCUT2D eigenvalue weighted by Crippen LogP contribution is -2.42. The number of hydrogen-bond donors (Lipinski definition) is 2. The zero-order valence-electron chi connectivity index (χ0n) is 12.3. The minimum Gasteiger partial charge on any atom is -0.273 e. The van der Waals surface area contributed by atoms with Crippen LogP contribution in [0.2, 0.25) is 5.02 Å². The second-order valence-corrected chi connectivity index (χ2v) is 7.05. The fourth-order valence-corrected chi connectivity index (χ4v) is 3.67. The highest BCUT2D eigenvalue weighted by molar-refractivity contribution is 7.20. The van der Waals surface area contributed by atoms with Crippen LogP contribution in [0.5, 0.6) is 0 Å². The van der Waals surface area contributed by atoms with E-state index in [1.54, 1.807) is 35.6 Å². The SMILES string of the molecule is O=C(Cc1csc(-c2cccs2)n1)NNC(=O)c1ccc(Cl)cc1. The third kappa shape index (κ3) is 4.19. The van der Waals surface area contributed by atoms with E-state index in [4.69, 9.17) is 11.6 Å². The van der Waals surface area contributed by atoms with Gasteiger partial charge in [-0.15, -0.1) is 22.7 Å². The molecule has 2 aromatic heterocycles. The number of hydrogen-bond acceptors (Lipinski definition) is 5. The molecular formula is C16H12ClN3O2S2. The van der Waals surface area contributed by atoms with Crippen molar-refractivity contribution in [3.63, 3.8) is 0 Å². The van der Waals surface area contributed by atoms with Crippen LogP contribution in [-0.2, 0) is 11.2 Å². The zero-order chi connectivity index (χ0) is 16.9. The molecule has 24 heavy (non-hydrogen) atoms. The fourth-order valence-electron chi connectivity index (χ4n) is 1.91. The summed E-state index contributed by atoms with van der Waals surface area (Å²) in [7, 11) is 0. The van der Waals surface area contributed by atoms with E-state index >= 15 is 0 Å². The molecule has 122 valence electrons. The van der Waals surface area contributed by atoms with E-state index in [9.17, 15) is 9.59 Å². The summed E-state index contributed by atoms with van der Waals surface area (Å²) < 4.78 is 0. The number of thiazole rings is 1. The molecule has 0 unspecified atom stereocenters. The fraction of sp³-hybridized carbons (Fsp3) is 0.0625. The van der Waals surface area contributed by atoms with Gasteiger partial charge in [0.1, 0.15) is 5.01 Å². The Morgan fingerprint density at radius 1 is 1.08 bits per heavy atom. The van der Waals surface area contributed by atoms with Crippen LogP contribution in [0.1, 0.15) is 16.1 Å². The smallest absolute Gasteiger partial charge is 0.269 e. The van der Waals surface area contributed by atoms with Crippen LogP contribution in [0.25, 0.3) is 9.88 Å². The van der Waals surface area contributed by atoms with Crippen LogP contribution in [0, 0.1) is 0 Å². The molecule has 0 spiro atoms. The summed E-state index contributed by atoms with van der Waals surface area (Å²) in [5.41, 5.74) is 5.83. The Morgan fingerprint density at radius 3 is 2.58 bits per heavy atom. The predicted octanol–water partition coefficient (Wildman–Crippen LogP) is 3.53. The van der Waals surface area contributed by atoms with Gasteiger partial charge in [0.2, 0.25) is 5.91 Å². The van der Waals surface area contributed by atoms with Crippen molar-refractivity contribution in [3.05, 3.63) is 63.4 Å². The van der Waals surface area contributed by atoms with Crippen molar-refractivity contribution in [2.24, 2.45) is 0 Å². The van der Waals surface area contributed by atoms with Crippen LogP contribution < -0.4 is 10.9 Å². The normalized spacial score (nSPS) is 10.4. The van der Waals surface area contributed by atoms with Crippen molar-refractivity contribution < 1.29 is 9.59 Å². The van der Waals surface area contributed by atoms with Crippen molar-refractivity contribution in [2.75, 3.05) is 0 Å². The maximum Gasteiger partial charge on any atom is 0.269 e. The number of nitrogens with zero attached hydrogens (tertiary/aromatic N) is 1. The standard InChI is InChI=1S/C16H12ClN3O2S2/c17-11-5-3-10(4-6-11)15(22)20-19-14(21)8-12-9-24-16(18-12)13-2-1-7-23-13/h1-7,9H,8H2,(H,19,21)(H,20,22). The second-order valence-electron chi connectivity index (χ2n) is 4.81. The Hall–Kier alpha value is -2.22. The molecule has 0 bridgehead atoms. The predicted molar refractivity (Wildman–Crippen MR) is 96.2 cm³/mol. The van der Waals surface area contributed by atoms with Crippen molar-refractivity contribution in [2.45, 2.75) is 6.42 Å². The maximum atomic E-state index is 11.9. The van der Waals surface area contributed by atoms with Gasteiger partial charge in [-0.2, -0.15) is 0 Å². The van der Waals surface area contributed by atoms with Gasteiger partial charge < -0.3 is 0 Å². The minimum absolute atomic E-state index is 0.1000. The number of rotatable bonds is 4. The summed E-state index contributed by atoms with van der Waals surface area (Å²) in [6.07, 6.45) is 0.1000. The molecule has 0 radical (unpaired) electrons. The lowest BCUT2D eigenvalue weighted by molar-refractivity contribution is -0.121.